The summed E-state index contributed by atoms with van der Waals surface area (Å²) in [6.07, 6.45) is 0. The lowest BCUT2D eigenvalue weighted by Gasteiger charge is -2.03. The van der Waals surface area contributed by atoms with Crippen molar-refractivity contribution in [2.45, 2.75) is 0 Å². The fourth-order valence-corrected chi connectivity index (χ4v) is 2.70. The van der Waals surface area contributed by atoms with Gasteiger partial charge in [-0.3, -0.25) is 14.5 Å². The topological polar surface area (TPSA) is 99.6 Å². The molecule has 106 valence electrons. The molecular weight excluding hydrogens is 294 g/mol. The number of nitrogens with zero attached hydrogens (tertiary/aromatic N) is 2. The molecule has 0 bridgehead atoms. The van der Waals surface area contributed by atoms with E-state index in [4.69, 9.17) is 5.11 Å². The van der Waals surface area contributed by atoms with Crippen LogP contribution < -0.4 is 5.32 Å². The molecule has 8 heteroatoms. The Morgan fingerprint density at radius 1 is 1.29 bits per heavy atom. The number of anilines is 2. The standard InChI is InChI=1S/C13H9N3O4S/c1-16-10(17)7-3-2-6(4-8(7)11(16)18)14-13-15-9(5-21-13)12(19)20/h2-5H,1H3,(H,14,15)(H,19,20). The lowest BCUT2D eigenvalue weighted by molar-refractivity contribution is 0.0679. The van der Waals surface area contributed by atoms with Crippen LogP contribution in [0.25, 0.3) is 0 Å². The van der Waals surface area contributed by atoms with Crippen LogP contribution in [0.5, 0.6) is 0 Å². The number of hydrogen-bond donors (Lipinski definition) is 2. The zero-order chi connectivity index (χ0) is 15.1. The molecule has 0 atom stereocenters. The molecule has 0 spiro atoms. The molecule has 1 aromatic heterocycles. The zero-order valence-electron chi connectivity index (χ0n) is 10.8. The summed E-state index contributed by atoms with van der Waals surface area (Å²) in [5.74, 6) is -1.79. The number of thiazole rings is 1. The summed E-state index contributed by atoms with van der Waals surface area (Å²) in [6, 6.07) is 4.76. The summed E-state index contributed by atoms with van der Waals surface area (Å²) < 4.78 is 0. The number of carbonyl (C=O) groups is 3. The molecule has 2 amide bonds. The van der Waals surface area contributed by atoms with Crippen LogP contribution in [-0.4, -0.2) is 39.8 Å². The van der Waals surface area contributed by atoms with Crippen molar-refractivity contribution >= 4 is 39.9 Å². The Balaban J connectivity index is 1.90. The van der Waals surface area contributed by atoms with Crippen LogP contribution in [0.2, 0.25) is 0 Å². The number of benzene rings is 1. The van der Waals surface area contributed by atoms with Gasteiger partial charge in [-0.2, -0.15) is 0 Å². The van der Waals surface area contributed by atoms with Crippen molar-refractivity contribution < 1.29 is 19.5 Å². The van der Waals surface area contributed by atoms with E-state index in [2.05, 4.69) is 10.3 Å². The molecule has 2 aromatic rings. The maximum atomic E-state index is 11.9. The normalized spacial score (nSPS) is 13.5. The van der Waals surface area contributed by atoms with Gasteiger partial charge in [0.25, 0.3) is 11.8 Å². The van der Waals surface area contributed by atoms with Crippen molar-refractivity contribution in [3.63, 3.8) is 0 Å². The van der Waals surface area contributed by atoms with Gasteiger partial charge in [-0.15, -0.1) is 11.3 Å². The second-order valence-corrected chi connectivity index (χ2v) is 5.26. The summed E-state index contributed by atoms with van der Waals surface area (Å²) in [6.45, 7) is 0. The van der Waals surface area contributed by atoms with E-state index in [1.807, 2.05) is 0 Å². The minimum absolute atomic E-state index is 0.0466. The quantitative estimate of drug-likeness (QED) is 0.839. The number of hydrogen-bond acceptors (Lipinski definition) is 6. The van der Waals surface area contributed by atoms with Crippen molar-refractivity contribution in [1.29, 1.82) is 0 Å². The summed E-state index contributed by atoms with van der Waals surface area (Å²) in [7, 11) is 1.43. The number of carbonyl (C=O) groups excluding carboxylic acids is 2. The lowest BCUT2D eigenvalue weighted by atomic mass is 10.1. The first kappa shape index (κ1) is 13.3. The lowest BCUT2D eigenvalue weighted by Crippen LogP contribution is -2.24. The maximum Gasteiger partial charge on any atom is 0.355 e. The van der Waals surface area contributed by atoms with E-state index in [-0.39, 0.29) is 17.5 Å². The summed E-state index contributed by atoms with van der Waals surface area (Å²) >= 11 is 1.14. The van der Waals surface area contributed by atoms with Gasteiger partial charge in [-0.05, 0) is 18.2 Å². The Bertz CT molecular complexity index is 783. The number of carboxylic acid groups (broad SMARTS) is 1. The SMILES string of the molecule is CN1C(=O)c2ccc(Nc3nc(C(=O)O)cs3)cc2C1=O. The first-order valence-corrected chi connectivity index (χ1v) is 6.77. The van der Waals surface area contributed by atoms with Crippen LogP contribution in [0.15, 0.2) is 23.6 Å². The number of nitrogens with one attached hydrogen (secondary N) is 1. The van der Waals surface area contributed by atoms with Gasteiger partial charge >= 0.3 is 5.97 Å². The van der Waals surface area contributed by atoms with E-state index >= 15 is 0 Å². The van der Waals surface area contributed by atoms with Gasteiger partial charge < -0.3 is 10.4 Å². The average Bonchev–Trinajstić information content (AvgIpc) is 3.00. The summed E-state index contributed by atoms with van der Waals surface area (Å²) in [5.41, 5.74) is 1.20. The molecule has 0 unspecified atom stereocenters. The van der Waals surface area contributed by atoms with E-state index in [1.54, 1.807) is 18.2 Å². The van der Waals surface area contributed by atoms with Gasteiger partial charge in [0.2, 0.25) is 0 Å². The number of aromatic nitrogens is 1. The number of fused-ring (bicyclic) bond motifs is 1. The molecule has 3 rings (SSSR count). The molecule has 2 heterocycles. The number of carboxylic acids is 1. The molecule has 0 saturated heterocycles. The Labute approximate surface area is 122 Å². The minimum Gasteiger partial charge on any atom is -0.476 e. The van der Waals surface area contributed by atoms with Crippen molar-refractivity contribution in [2.24, 2.45) is 0 Å². The molecule has 1 aromatic carbocycles. The molecule has 21 heavy (non-hydrogen) atoms. The molecule has 1 aliphatic heterocycles. The van der Waals surface area contributed by atoms with Crippen LogP contribution >= 0.6 is 11.3 Å². The predicted molar refractivity (Wildman–Crippen MR) is 75.2 cm³/mol. The largest absolute Gasteiger partial charge is 0.476 e. The van der Waals surface area contributed by atoms with E-state index in [9.17, 15) is 14.4 Å². The smallest absolute Gasteiger partial charge is 0.355 e. The highest BCUT2D eigenvalue weighted by molar-refractivity contribution is 7.14. The van der Waals surface area contributed by atoms with Crippen LogP contribution in [0, 0.1) is 0 Å². The predicted octanol–water partition coefficient (Wildman–Crippen LogP) is 1.81. The second-order valence-electron chi connectivity index (χ2n) is 4.40. The molecule has 1 aliphatic rings. The number of rotatable bonds is 3. The maximum absolute atomic E-state index is 11.9. The highest BCUT2D eigenvalue weighted by atomic mass is 32.1. The number of imide groups is 1. The van der Waals surface area contributed by atoms with Crippen LogP contribution in [0.1, 0.15) is 31.2 Å². The van der Waals surface area contributed by atoms with E-state index in [0.29, 0.717) is 21.9 Å². The van der Waals surface area contributed by atoms with Crippen LogP contribution in [0.3, 0.4) is 0 Å². The fraction of sp³-hybridized carbons (Fsp3) is 0.0769. The van der Waals surface area contributed by atoms with E-state index < -0.39 is 5.97 Å². The number of amides is 2. The zero-order valence-corrected chi connectivity index (χ0v) is 11.6. The highest BCUT2D eigenvalue weighted by Crippen LogP contribution is 2.27. The van der Waals surface area contributed by atoms with E-state index in [1.165, 1.54) is 12.4 Å². The van der Waals surface area contributed by atoms with Gasteiger partial charge in [0.05, 0.1) is 11.1 Å². The van der Waals surface area contributed by atoms with Gasteiger partial charge in [0, 0.05) is 18.1 Å². The highest BCUT2D eigenvalue weighted by Gasteiger charge is 2.32. The van der Waals surface area contributed by atoms with Crippen molar-refractivity contribution in [2.75, 3.05) is 12.4 Å². The molecule has 0 saturated carbocycles. The summed E-state index contributed by atoms with van der Waals surface area (Å²) in [5, 5.41) is 13.6. The number of aromatic carboxylic acids is 1. The Morgan fingerprint density at radius 3 is 2.67 bits per heavy atom. The van der Waals surface area contributed by atoms with Gasteiger partial charge in [-0.25, -0.2) is 9.78 Å². The van der Waals surface area contributed by atoms with E-state index in [0.717, 1.165) is 16.2 Å². The monoisotopic (exact) mass is 303 g/mol. The van der Waals surface area contributed by atoms with Crippen molar-refractivity contribution in [3.05, 3.63) is 40.4 Å². The molecule has 7 nitrogen and oxygen atoms in total. The third kappa shape index (κ3) is 2.15. The van der Waals surface area contributed by atoms with Gasteiger partial charge in [0.1, 0.15) is 0 Å². The molecule has 2 N–H and O–H groups in total. The second kappa shape index (κ2) is 4.67. The third-order valence-corrected chi connectivity index (χ3v) is 3.82. The van der Waals surface area contributed by atoms with Crippen molar-refractivity contribution in [1.82, 2.24) is 9.88 Å². The van der Waals surface area contributed by atoms with Crippen molar-refractivity contribution in [3.8, 4) is 0 Å². The fourth-order valence-electron chi connectivity index (χ4n) is 1.99. The van der Waals surface area contributed by atoms with Gasteiger partial charge in [-0.1, -0.05) is 0 Å². The Kier molecular flexibility index (Phi) is 2.95. The molecule has 0 fully saturated rings. The van der Waals surface area contributed by atoms with Crippen LogP contribution in [-0.2, 0) is 0 Å². The minimum atomic E-state index is -1.10. The van der Waals surface area contributed by atoms with Gasteiger partial charge in [0.15, 0.2) is 10.8 Å². The Hall–Kier alpha value is -2.74. The molecule has 0 aliphatic carbocycles. The first-order chi connectivity index (χ1) is 9.97. The first-order valence-electron chi connectivity index (χ1n) is 5.89. The Morgan fingerprint density at radius 2 is 2.00 bits per heavy atom. The third-order valence-electron chi connectivity index (χ3n) is 3.06. The molecule has 0 radical (unpaired) electrons. The molecular formula is C13H9N3O4S. The average molecular weight is 303 g/mol. The van der Waals surface area contributed by atoms with Crippen LogP contribution in [0.4, 0.5) is 10.8 Å². The summed E-state index contributed by atoms with van der Waals surface area (Å²) in [4.78, 5) is 39.4.